The molecule has 0 unspecified atom stereocenters. The first-order chi connectivity index (χ1) is 19.3. The molecular weight excluding hydrogens is 555 g/mol. The SMILES string of the molecule is C=CCc1cc(/C=C2/SC(=O)N(CC(=O)Nc3cccc(F)c3)C2=O)cc(OCC)c1OCc1ccc(Cl)cc1. The normalized spacial score (nSPS) is 14.0. The Kier molecular flexibility index (Phi) is 9.63. The van der Waals surface area contributed by atoms with Gasteiger partial charge in [0, 0.05) is 16.3 Å². The highest BCUT2D eigenvalue weighted by Gasteiger charge is 2.36. The maximum absolute atomic E-state index is 13.4. The predicted octanol–water partition coefficient (Wildman–Crippen LogP) is 6.86. The fraction of sp³-hybridized carbons (Fsp3) is 0.167. The maximum Gasteiger partial charge on any atom is 0.294 e. The second-order valence-corrected chi connectivity index (χ2v) is 10.1. The molecule has 1 aliphatic rings. The summed E-state index contributed by atoms with van der Waals surface area (Å²) in [6.45, 7) is 5.85. The van der Waals surface area contributed by atoms with E-state index in [0.717, 1.165) is 33.9 Å². The van der Waals surface area contributed by atoms with Gasteiger partial charge < -0.3 is 14.8 Å². The van der Waals surface area contributed by atoms with Crippen molar-refractivity contribution in [2.75, 3.05) is 18.5 Å². The largest absolute Gasteiger partial charge is 0.490 e. The van der Waals surface area contributed by atoms with Crippen LogP contribution in [-0.4, -0.2) is 35.1 Å². The number of nitrogens with zero attached hydrogens (tertiary/aromatic N) is 1. The lowest BCUT2D eigenvalue weighted by Crippen LogP contribution is -2.36. The van der Waals surface area contributed by atoms with Gasteiger partial charge in [-0.25, -0.2) is 4.39 Å². The van der Waals surface area contributed by atoms with Crippen LogP contribution in [0.4, 0.5) is 14.9 Å². The van der Waals surface area contributed by atoms with Gasteiger partial charge in [-0.15, -0.1) is 6.58 Å². The molecule has 4 rings (SSSR count). The molecule has 206 valence electrons. The lowest BCUT2D eigenvalue weighted by Gasteiger charge is -2.17. The molecule has 0 bridgehead atoms. The third-order valence-corrected chi connectivity index (χ3v) is 6.86. The summed E-state index contributed by atoms with van der Waals surface area (Å²) in [6, 6.07) is 16.2. The highest BCUT2D eigenvalue weighted by atomic mass is 35.5. The smallest absolute Gasteiger partial charge is 0.294 e. The number of imide groups is 1. The van der Waals surface area contributed by atoms with Crippen molar-refractivity contribution < 1.29 is 28.2 Å². The van der Waals surface area contributed by atoms with Crippen molar-refractivity contribution in [1.29, 1.82) is 0 Å². The first-order valence-corrected chi connectivity index (χ1v) is 13.6. The predicted molar refractivity (Wildman–Crippen MR) is 155 cm³/mol. The molecule has 7 nitrogen and oxygen atoms in total. The standard InChI is InChI=1S/C30H26ClFN2O5S/c1-3-6-21-13-20(14-25(38-4-2)28(21)39-18-19-9-11-22(31)12-10-19)15-26-29(36)34(30(37)40-26)17-27(35)33-24-8-5-7-23(32)16-24/h3,5,7-16H,1,4,6,17-18H2,2H3,(H,33,35)/b26-15+. The fourth-order valence-corrected chi connectivity index (χ4v) is 4.90. The minimum Gasteiger partial charge on any atom is -0.490 e. The van der Waals surface area contributed by atoms with Gasteiger partial charge in [-0.05, 0) is 84.8 Å². The van der Waals surface area contributed by atoms with E-state index in [2.05, 4.69) is 11.9 Å². The minimum atomic E-state index is -0.622. The molecule has 3 aromatic carbocycles. The van der Waals surface area contributed by atoms with E-state index in [1.165, 1.54) is 18.2 Å². The summed E-state index contributed by atoms with van der Waals surface area (Å²) in [4.78, 5) is 39.1. The highest BCUT2D eigenvalue weighted by Crippen LogP contribution is 2.38. The molecule has 40 heavy (non-hydrogen) atoms. The molecule has 1 heterocycles. The topological polar surface area (TPSA) is 84.9 Å². The summed E-state index contributed by atoms with van der Waals surface area (Å²) < 4.78 is 25.4. The zero-order valence-corrected chi connectivity index (χ0v) is 23.2. The maximum atomic E-state index is 13.4. The summed E-state index contributed by atoms with van der Waals surface area (Å²) in [5.74, 6) is -0.707. The second-order valence-electron chi connectivity index (χ2n) is 8.67. The lowest BCUT2D eigenvalue weighted by atomic mass is 10.0. The number of rotatable bonds is 11. The molecular formula is C30H26ClFN2O5S. The van der Waals surface area contributed by atoms with E-state index in [9.17, 15) is 18.8 Å². The first-order valence-electron chi connectivity index (χ1n) is 12.4. The number of carbonyl (C=O) groups excluding carboxylic acids is 3. The molecule has 1 saturated heterocycles. The van der Waals surface area contributed by atoms with E-state index in [4.69, 9.17) is 21.1 Å². The number of hydrogen-bond donors (Lipinski definition) is 1. The molecule has 3 amide bonds. The number of hydrogen-bond acceptors (Lipinski definition) is 6. The number of anilines is 1. The van der Waals surface area contributed by atoms with Crippen LogP contribution in [0.15, 0.2) is 78.2 Å². The van der Waals surface area contributed by atoms with E-state index in [1.54, 1.807) is 30.4 Å². The first kappa shape index (κ1) is 28.9. The van der Waals surface area contributed by atoms with Crippen LogP contribution in [0.1, 0.15) is 23.6 Å². The Morgan fingerprint density at radius 2 is 1.90 bits per heavy atom. The van der Waals surface area contributed by atoms with Crippen LogP contribution >= 0.6 is 23.4 Å². The summed E-state index contributed by atoms with van der Waals surface area (Å²) in [7, 11) is 0. The van der Waals surface area contributed by atoms with Gasteiger partial charge in [0.15, 0.2) is 11.5 Å². The zero-order chi connectivity index (χ0) is 28.6. The number of benzene rings is 3. The second kappa shape index (κ2) is 13.3. The van der Waals surface area contributed by atoms with E-state index >= 15 is 0 Å². The summed E-state index contributed by atoms with van der Waals surface area (Å²) in [5, 5.41) is 2.54. The minimum absolute atomic E-state index is 0.158. The Bertz CT molecular complexity index is 1480. The number of thioether (sulfide) groups is 1. The van der Waals surface area contributed by atoms with Gasteiger partial charge in [0.05, 0.1) is 11.5 Å². The highest BCUT2D eigenvalue weighted by molar-refractivity contribution is 8.18. The van der Waals surface area contributed by atoms with Crippen molar-refractivity contribution in [3.05, 3.63) is 106 Å². The van der Waals surface area contributed by atoms with Crippen LogP contribution in [-0.2, 0) is 22.6 Å². The van der Waals surface area contributed by atoms with Gasteiger partial charge in [-0.1, -0.05) is 35.9 Å². The van der Waals surface area contributed by atoms with Crippen LogP contribution in [0.5, 0.6) is 11.5 Å². The molecule has 0 atom stereocenters. The molecule has 1 aliphatic heterocycles. The van der Waals surface area contributed by atoms with Gasteiger partial charge in [0.25, 0.3) is 11.1 Å². The quantitative estimate of drug-likeness (QED) is 0.197. The fourth-order valence-electron chi connectivity index (χ4n) is 3.93. The summed E-state index contributed by atoms with van der Waals surface area (Å²) in [5.41, 5.74) is 2.56. The number of allylic oxidation sites excluding steroid dienone is 1. The third kappa shape index (κ3) is 7.31. The number of ether oxygens (including phenoxy) is 2. The Morgan fingerprint density at radius 3 is 2.60 bits per heavy atom. The molecule has 3 aromatic rings. The van der Waals surface area contributed by atoms with Crippen LogP contribution in [0, 0.1) is 5.82 Å². The van der Waals surface area contributed by atoms with Crippen LogP contribution in [0.25, 0.3) is 6.08 Å². The number of amides is 3. The van der Waals surface area contributed by atoms with Crippen LogP contribution in [0.2, 0.25) is 5.02 Å². The Balaban J connectivity index is 1.54. The molecule has 1 N–H and O–H groups in total. The van der Waals surface area contributed by atoms with Gasteiger partial charge >= 0.3 is 0 Å². The summed E-state index contributed by atoms with van der Waals surface area (Å²) >= 11 is 6.71. The van der Waals surface area contributed by atoms with Crippen molar-refractivity contribution in [2.24, 2.45) is 0 Å². The number of carbonyl (C=O) groups is 3. The summed E-state index contributed by atoms with van der Waals surface area (Å²) in [6.07, 6.45) is 3.78. The van der Waals surface area contributed by atoms with E-state index in [0.29, 0.717) is 35.1 Å². The zero-order valence-electron chi connectivity index (χ0n) is 21.6. The van der Waals surface area contributed by atoms with Crippen molar-refractivity contribution >= 4 is 52.2 Å². The van der Waals surface area contributed by atoms with Crippen molar-refractivity contribution in [3.8, 4) is 11.5 Å². The van der Waals surface area contributed by atoms with E-state index < -0.39 is 29.4 Å². The molecule has 1 fully saturated rings. The third-order valence-electron chi connectivity index (χ3n) is 5.70. The van der Waals surface area contributed by atoms with Crippen LogP contribution < -0.4 is 14.8 Å². The van der Waals surface area contributed by atoms with E-state index in [1.807, 2.05) is 25.1 Å². The van der Waals surface area contributed by atoms with Gasteiger partial charge in [-0.3, -0.25) is 19.3 Å². The van der Waals surface area contributed by atoms with E-state index in [-0.39, 0.29) is 17.2 Å². The number of halogens is 2. The number of nitrogens with one attached hydrogen (secondary N) is 1. The van der Waals surface area contributed by atoms with Gasteiger partial charge in [0.1, 0.15) is 19.0 Å². The Hall–Kier alpha value is -4.08. The van der Waals surface area contributed by atoms with Crippen molar-refractivity contribution in [2.45, 2.75) is 20.0 Å². The van der Waals surface area contributed by atoms with Gasteiger partial charge in [0.2, 0.25) is 5.91 Å². The Labute approximate surface area is 240 Å². The lowest BCUT2D eigenvalue weighted by molar-refractivity contribution is -0.127. The van der Waals surface area contributed by atoms with Crippen LogP contribution in [0.3, 0.4) is 0 Å². The average molecular weight is 581 g/mol. The molecule has 10 heteroatoms. The molecule has 0 spiro atoms. The molecule has 0 aliphatic carbocycles. The van der Waals surface area contributed by atoms with Crippen molar-refractivity contribution in [3.63, 3.8) is 0 Å². The molecule has 0 radical (unpaired) electrons. The van der Waals surface area contributed by atoms with Gasteiger partial charge in [-0.2, -0.15) is 0 Å². The average Bonchev–Trinajstić information content (AvgIpc) is 3.16. The molecule has 0 aromatic heterocycles. The Morgan fingerprint density at radius 1 is 1.12 bits per heavy atom. The van der Waals surface area contributed by atoms with Crippen molar-refractivity contribution in [1.82, 2.24) is 4.90 Å². The monoisotopic (exact) mass is 580 g/mol. The molecule has 0 saturated carbocycles.